The SMILES string of the molecule is Cc1cc(Oc2c(Cl)cc(C(F)(F)F)cc2Cl)nn1C(=O)NCC1CCCO1. The molecule has 1 aliphatic rings. The van der Waals surface area contributed by atoms with Gasteiger partial charge in [0.1, 0.15) is 0 Å². The fourth-order valence-electron chi connectivity index (χ4n) is 2.71. The zero-order valence-corrected chi connectivity index (χ0v) is 16.2. The molecule has 1 atom stereocenters. The van der Waals surface area contributed by atoms with E-state index in [0.717, 1.165) is 17.5 Å². The Morgan fingerprint density at radius 1 is 1.36 bits per heavy atom. The van der Waals surface area contributed by atoms with Crippen molar-refractivity contribution in [3.63, 3.8) is 0 Å². The standard InChI is InChI=1S/C17H16Cl2F3N3O3/c1-9-5-14(24-25(9)16(26)23-8-11-3-2-4-27-11)28-15-12(18)6-10(7-13(15)19)17(20,21)22/h5-7,11H,2-4,8H2,1H3,(H,23,26). The van der Waals surface area contributed by atoms with Crippen molar-refractivity contribution >= 4 is 29.2 Å². The van der Waals surface area contributed by atoms with Crippen LogP contribution in [0.5, 0.6) is 11.6 Å². The predicted octanol–water partition coefficient (Wildman–Crippen LogP) is 5.05. The summed E-state index contributed by atoms with van der Waals surface area (Å²) in [4.78, 5) is 12.3. The van der Waals surface area contributed by atoms with Crippen molar-refractivity contribution in [3.05, 3.63) is 39.5 Å². The highest BCUT2D eigenvalue weighted by molar-refractivity contribution is 6.37. The Labute approximate surface area is 168 Å². The number of hydrogen-bond acceptors (Lipinski definition) is 4. The molecule has 6 nitrogen and oxygen atoms in total. The molecule has 1 saturated heterocycles. The molecule has 0 aliphatic carbocycles. The molecule has 0 spiro atoms. The van der Waals surface area contributed by atoms with Crippen molar-refractivity contribution in [1.29, 1.82) is 0 Å². The largest absolute Gasteiger partial charge is 0.434 e. The third-order valence-electron chi connectivity index (χ3n) is 4.09. The molecular weight excluding hydrogens is 422 g/mol. The Hall–Kier alpha value is -1.97. The Kier molecular flexibility index (Phi) is 6.07. The maximum atomic E-state index is 12.8. The van der Waals surface area contributed by atoms with Gasteiger partial charge >= 0.3 is 12.2 Å². The van der Waals surface area contributed by atoms with Gasteiger partial charge in [-0.2, -0.15) is 17.9 Å². The van der Waals surface area contributed by atoms with Crippen LogP contribution in [0.2, 0.25) is 10.0 Å². The fourth-order valence-corrected chi connectivity index (χ4v) is 3.27. The molecule has 0 bridgehead atoms. The number of aromatic nitrogens is 2. The lowest BCUT2D eigenvalue weighted by Crippen LogP contribution is -2.35. The Morgan fingerprint density at radius 2 is 2.04 bits per heavy atom. The van der Waals surface area contributed by atoms with Gasteiger partial charge in [0, 0.05) is 19.2 Å². The molecule has 1 aromatic carbocycles. The van der Waals surface area contributed by atoms with E-state index < -0.39 is 17.8 Å². The molecule has 0 saturated carbocycles. The monoisotopic (exact) mass is 437 g/mol. The van der Waals surface area contributed by atoms with Crippen LogP contribution in [0.3, 0.4) is 0 Å². The first-order chi connectivity index (χ1) is 13.1. The lowest BCUT2D eigenvalue weighted by Gasteiger charge is -2.12. The minimum Gasteiger partial charge on any atom is -0.434 e. The van der Waals surface area contributed by atoms with Crippen molar-refractivity contribution in [2.75, 3.05) is 13.2 Å². The lowest BCUT2D eigenvalue weighted by atomic mass is 10.2. The minimum atomic E-state index is -4.59. The Morgan fingerprint density at radius 3 is 2.61 bits per heavy atom. The van der Waals surface area contributed by atoms with Crippen molar-refractivity contribution in [2.24, 2.45) is 0 Å². The molecule has 3 rings (SSSR count). The summed E-state index contributed by atoms with van der Waals surface area (Å²) in [6.07, 6.45) is -2.79. The van der Waals surface area contributed by atoms with Gasteiger partial charge in [0.05, 0.1) is 27.4 Å². The number of nitrogens with zero attached hydrogens (tertiary/aromatic N) is 2. The quantitative estimate of drug-likeness (QED) is 0.726. The molecule has 1 N–H and O–H groups in total. The summed E-state index contributed by atoms with van der Waals surface area (Å²) in [5.74, 6) is -0.214. The predicted molar refractivity (Wildman–Crippen MR) is 96.3 cm³/mol. The van der Waals surface area contributed by atoms with E-state index in [9.17, 15) is 18.0 Å². The van der Waals surface area contributed by atoms with Crippen LogP contribution in [0, 0.1) is 6.92 Å². The maximum Gasteiger partial charge on any atom is 0.416 e. The summed E-state index contributed by atoms with van der Waals surface area (Å²) in [5, 5.41) is 6.07. The molecule has 1 fully saturated rings. The fraction of sp³-hybridized carbons (Fsp3) is 0.412. The Balaban J connectivity index is 1.73. The molecule has 1 amide bonds. The van der Waals surface area contributed by atoms with Crippen molar-refractivity contribution in [1.82, 2.24) is 15.1 Å². The van der Waals surface area contributed by atoms with Gasteiger partial charge in [-0.05, 0) is 31.9 Å². The second-order valence-corrected chi connectivity index (χ2v) is 7.04. The average Bonchev–Trinajstić information content (AvgIpc) is 3.24. The van der Waals surface area contributed by atoms with E-state index in [4.69, 9.17) is 32.7 Å². The second kappa shape index (κ2) is 8.18. The molecule has 28 heavy (non-hydrogen) atoms. The highest BCUT2D eigenvalue weighted by atomic mass is 35.5. The minimum absolute atomic E-state index is 0.0275. The highest BCUT2D eigenvalue weighted by Crippen LogP contribution is 2.41. The molecule has 2 aromatic rings. The number of rotatable bonds is 4. The van der Waals surface area contributed by atoms with Gasteiger partial charge < -0.3 is 14.8 Å². The highest BCUT2D eigenvalue weighted by Gasteiger charge is 2.32. The van der Waals surface area contributed by atoms with Crippen molar-refractivity contribution in [2.45, 2.75) is 32.0 Å². The number of carbonyl (C=O) groups excluding carboxylic acids is 1. The number of aryl methyl sites for hydroxylation is 1. The lowest BCUT2D eigenvalue weighted by molar-refractivity contribution is -0.137. The van der Waals surface area contributed by atoms with Gasteiger partial charge in [0.2, 0.25) is 5.88 Å². The topological polar surface area (TPSA) is 65.4 Å². The number of hydrogen-bond donors (Lipinski definition) is 1. The van der Waals surface area contributed by atoms with E-state index in [2.05, 4.69) is 10.4 Å². The number of nitrogens with one attached hydrogen (secondary N) is 1. The number of benzene rings is 1. The van der Waals surface area contributed by atoms with Gasteiger partial charge in [-0.25, -0.2) is 4.79 Å². The van der Waals surface area contributed by atoms with Gasteiger partial charge in [-0.1, -0.05) is 23.2 Å². The van der Waals surface area contributed by atoms with E-state index in [1.54, 1.807) is 6.92 Å². The summed E-state index contributed by atoms with van der Waals surface area (Å²) in [5.41, 5.74) is -0.538. The van der Waals surface area contributed by atoms with Crippen LogP contribution in [0.15, 0.2) is 18.2 Å². The molecule has 11 heteroatoms. The number of halogens is 5. The second-order valence-electron chi connectivity index (χ2n) is 6.23. The van der Waals surface area contributed by atoms with Crippen LogP contribution in [0.1, 0.15) is 24.1 Å². The van der Waals surface area contributed by atoms with Gasteiger partial charge in [-0.3, -0.25) is 0 Å². The van der Waals surface area contributed by atoms with Crippen LogP contribution < -0.4 is 10.1 Å². The summed E-state index contributed by atoms with van der Waals surface area (Å²) in [7, 11) is 0. The number of alkyl halides is 3. The summed E-state index contributed by atoms with van der Waals surface area (Å²) in [6, 6.07) is 2.38. The van der Waals surface area contributed by atoms with Gasteiger partial charge in [-0.15, -0.1) is 5.10 Å². The third-order valence-corrected chi connectivity index (χ3v) is 4.66. The molecule has 0 radical (unpaired) electrons. The zero-order chi connectivity index (χ0) is 20.5. The maximum absolute atomic E-state index is 12.8. The van der Waals surface area contributed by atoms with E-state index >= 15 is 0 Å². The van der Waals surface area contributed by atoms with Gasteiger partial charge in [0.25, 0.3) is 0 Å². The van der Waals surface area contributed by atoms with E-state index in [0.29, 0.717) is 31.0 Å². The summed E-state index contributed by atoms with van der Waals surface area (Å²) >= 11 is 11.8. The molecule has 1 unspecified atom stereocenters. The van der Waals surface area contributed by atoms with Crippen molar-refractivity contribution < 1.29 is 27.4 Å². The number of ether oxygens (including phenoxy) is 2. The molecule has 2 heterocycles. The zero-order valence-electron chi connectivity index (χ0n) is 14.6. The Bertz CT molecular complexity index is 857. The average molecular weight is 438 g/mol. The van der Waals surface area contributed by atoms with Crippen molar-refractivity contribution in [3.8, 4) is 11.6 Å². The first-order valence-electron chi connectivity index (χ1n) is 8.35. The number of amides is 1. The molecule has 1 aromatic heterocycles. The first-order valence-corrected chi connectivity index (χ1v) is 9.11. The normalized spacial score (nSPS) is 17.0. The smallest absolute Gasteiger partial charge is 0.416 e. The van der Waals surface area contributed by atoms with E-state index in [1.165, 1.54) is 6.07 Å². The first kappa shape index (κ1) is 20.8. The third kappa shape index (κ3) is 4.71. The van der Waals surface area contributed by atoms with E-state index in [-0.39, 0.29) is 27.8 Å². The van der Waals surface area contributed by atoms with Gasteiger partial charge in [0.15, 0.2) is 5.75 Å². The summed E-state index contributed by atoms with van der Waals surface area (Å²) in [6.45, 7) is 2.65. The number of carbonyl (C=O) groups is 1. The van der Waals surface area contributed by atoms with E-state index in [1.807, 2.05) is 0 Å². The molecule has 1 aliphatic heterocycles. The van der Waals surface area contributed by atoms with Crippen LogP contribution in [0.25, 0.3) is 0 Å². The molecular formula is C17H16Cl2F3N3O3. The van der Waals surface area contributed by atoms with Crippen LogP contribution in [-0.2, 0) is 10.9 Å². The van der Waals surface area contributed by atoms with Crippen LogP contribution in [-0.4, -0.2) is 35.1 Å². The van der Waals surface area contributed by atoms with Crippen LogP contribution in [0.4, 0.5) is 18.0 Å². The summed E-state index contributed by atoms with van der Waals surface area (Å²) < 4.78 is 50.4. The molecule has 152 valence electrons. The van der Waals surface area contributed by atoms with Crippen LogP contribution >= 0.6 is 23.2 Å².